The van der Waals surface area contributed by atoms with E-state index >= 15 is 0 Å². The molecule has 1 heterocycles. The first-order valence-electron chi connectivity index (χ1n) is 12.1. The van der Waals surface area contributed by atoms with Gasteiger partial charge >= 0.3 is 6.36 Å². The summed E-state index contributed by atoms with van der Waals surface area (Å²) in [6.45, 7) is 0. The first-order chi connectivity index (χ1) is 16.9. The van der Waals surface area contributed by atoms with Crippen LogP contribution in [0.3, 0.4) is 0 Å². The van der Waals surface area contributed by atoms with Gasteiger partial charge in [-0.25, -0.2) is 0 Å². The highest BCUT2D eigenvalue weighted by molar-refractivity contribution is 6.30. The van der Waals surface area contributed by atoms with Crippen LogP contribution in [0.4, 0.5) is 13.2 Å². The van der Waals surface area contributed by atoms with Crippen LogP contribution < -0.4 is 15.4 Å². The quantitative estimate of drug-likeness (QED) is 0.463. The highest BCUT2D eigenvalue weighted by Gasteiger charge is 2.56. The highest BCUT2D eigenvalue weighted by atomic mass is 35.5. The van der Waals surface area contributed by atoms with Crippen LogP contribution in [-0.2, 0) is 14.3 Å². The Labute approximate surface area is 210 Å². The molecule has 0 aromatic heterocycles. The fourth-order valence-electron chi connectivity index (χ4n) is 5.99. The second kappa shape index (κ2) is 9.04. The molecule has 1 aromatic rings. The number of carbonyl (C=O) groups is 2. The number of ether oxygens (including phenoxy) is 2. The van der Waals surface area contributed by atoms with E-state index in [2.05, 4.69) is 15.4 Å². The summed E-state index contributed by atoms with van der Waals surface area (Å²) < 4.78 is 46.8. The van der Waals surface area contributed by atoms with Gasteiger partial charge in [-0.05, 0) is 63.1 Å². The van der Waals surface area contributed by atoms with Gasteiger partial charge < -0.3 is 25.6 Å². The summed E-state index contributed by atoms with van der Waals surface area (Å²) in [5.41, 5.74) is -1.02. The number of alkyl halides is 3. The number of benzene rings is 1. The van der Waals surface area contributed by atoms with Crippen LogP contribution in [0.5, 0.6) is 5.75 Å². The van der Waals surface area contributed by atoms with Gasteiger partial charge in [-0.2, -0.15) is 0 Å². The number of hydrogen-bond acceptors (Lipinski definition) is 6. The summed E-state index contributed by atoms with van der Waals surface area (Å²) in [6.07, 6.45) is -6.34. The van der Waals surface area contributed by atoms with Gasteiger partial charge in [0, 0.05) is 28.5 Å². The van der Waals surface area contributed by atoms with Crippen molar-refractivity contribution in [3.63, 3.8) is 0 Å². The monoisotopic (exact) mass is 532 g/mol. The number of aliphatic hydroxyl groups is 2. The molecular weight excluding hydrogens is 505 g/mol. The van der Waals surface area contributed by atoms with Gasteiger partial charge in [-0.15, -0.1) is 13.2 Å². The molecule has 5 aliphatic rings. The van der Waals surface area contributed by atoms with Crippen LogP contribution in [-0.4, -0.2) is 57.8 Å². The van der Waals surface area contributed by atoms with Crippen LogP contribution >= 0.6 is 11.6 Å². The van der Waals surface area contributed by atoms with E-state index in [0.717, 1.165) is 0 Å². The van der Waals surface area contributed by atoms with E-state index in [1.807, 2.05) is 0 Å². The smallest absolute Gasteiger partial charge is 0.480 e. The van der Waals surface area contributed by atoms with Gasteiger partial charge in [-0.3, -0.25) is 14.3 Å². The molecule has 8 nitrogen and oxygen atoms in total. The Morgan fingerprint density at radius 3 is 2.39 bits per heavy atom. The molecule has 0 saturated heterocycles. The Bertz CT molecular complexity index is 1040. The van der Waals surface area contributed by atoms with E-state index in [0.29, 0.717) is 42.0 Å². The third kappa shape index (κ3) is 4.90. The maximum Gasteiger partial charge on any atom is 0.522 e. The minimum atomic E-state index is -4.72. The van der Waals surface area contributed by atoms with Crippen molar-refractivity contribution >= 4 is 23.4 Å². The number of aliphatic hydroxyl groups excluding tert-OH is 2. The lowest BCUT2D eigenvalue weighted by Crippen LogP contribution is -2.71. The molecule has 2 amide bonds. The van der Waals surface area contributed by atoms with E-state index in [1.165, 1.54) is 0 Å². The molecule has 2 unspecified atom stereocenters. The molecule has 1 aromatic carbocycles. The Balaban J connectivity index is 1.16. The highest BCUT2D eigenvalue weighted by Crippen LogP contribution is 2.48. The molecule has 4 aliphatic carbocycles. The fraction of sp³-hybridized carbons (Fsp3) is 0.667. The molecule has 6 rings (SSSR count). The second-order valence-corrected chi connectivity index (χ2v) is 11.0. The van der Waals surface area contributed by atoms with Crippen molar-refractivity contribution in [2.75, 3.05) is 0 Å². The summed E-state index contributed by atoms with van der Waals surface area (Å²) in [6, 6.07) is 4.81. The van der Waals surface area contributed by atoms with Crippen LogP contribution in [0.2, 0.25) is 5.02 Å². The lowest BCUT2D eigenvalue weighted by molar-refractivity contribution is -0.353. The number of fused-ring (bicyclic) bond motifs is 4. The van der Waals surface area contributed by atoms with Crippen LogP contribution in [0, 0.1) is 5.92 Å². The Morgan fingerprint density at radius 2 is 1.75 bits per heavy atom. The minimum Gasteiger partial charge on any atom is -0.480 e. The number of nitrogens with one attached hydrogen (secondary N) is 2. The molecule has 12 heteroatoms. The molecule has 0 radical (unpaired) electrons. The summed E-state index contributed by atoms with van der Waals surface area (Å²) >= 11 is 5.98. The first-order valence-corrected chi connectivity index (χ1v) is 12.5. The fourth-order valence-corrected chi connectivity index (χ4v) is 6.18. The van der Waals surface area contributed by atoms with Crippen LogP contribution in [0.1, 0.15) is 63.0 Å². The molecule has 4 N–H and O–H groups in total. The molecule has 2 bridgehead atoms. The van der Waals surface area contributed by atoms with E-state index < -0.39 is 53.7 Å². The predicted octanol–water partition coefficient (Wildman–Crippen LogP) is 2.89. The molecule has 198 valence electrons. The van der Waals surface area contributed by atoms with Crippen molar-refractivity contribution < 1.29 is 42.4 Å². The molecule has 1 aliphatic heterocycles. The second-order valence-electron chi connectivity index (χ2n) is 10.5. The van der Waals surface area contributed by atoms with Crippen molar-refractivity contribution in [1.82, 2.24) is 10.6 Å². The Kier molecular flexibility index (Phi) is 6.42. The molecule has 0 spiro atoms. The maximum absolute atomic E-state index is 13.1. The van der Waals surface area contributed by atoms with Crippen molar-refractivity contribution in [1.29, 1.82) is 0 Å². The zero-order valence-electron chi connectivity index (χ0n) is 19.3. The standard InChI is InChI=1S/C24H28ClF3N2O6/c25-13-1-2-17-15(9-13)16(31)10-18(35-17)21(34)30-23-5-3-22(4-6-23,11-19(23)32)29-20(33)12-7-14(8-12)36-24(26,27)28/h1-2,9,12,14,16,18-19,31-32H,3-8,10-11H2,(H,29,33)(H,30,34)/t12?,14?,16?,18?,19-,22?,23?/m0/s1. The van der Waals surface area contributed by atoms with E-state index in [-0.39, 0.29) is 31.6 Å². The lowest BCUT2D eigenvalue weighted by atomic mass is 9.59. The molecule has 3 atom stereocenters. The topological polar surface area (TPSA) is 117 Å². The summed E-state index contributed by atoms with van der Waals surface area (Å²) in [4.78, 5) is 25.8. The van der Waals surface area contributed by atoms with Gasteiger partial charge in [0.1, 0.15) is 5.75 Å². The zero-order valence-corrected chi connectivity index (χ0v) is 20.1. The summed E-state index contributed by atoms with van der Waals surface area (Å²) in [5.74, 6) is -0.933. The predicted molar refractivity (Wildman–Crippen MR) is 120 cm³/mol. The zero-order chi connectivity index (χ0) is 25.9. The van der Waals surface area contributed by atoms with Crippen LogP contribution in [0.15, 0.2) is 18.2 Å². The van der Waals surface area contributed by atoms with Crippen molar-refractivity contribution in [2.24, 2.45) is 5.92 Å². The minimum absolute atomic E-state index is 0.00649. The number of rotatable bonds is 5. The lowest BCUT2D eigenvalue weighted by Gasteiger charge is -2.57. The average Bonchev–Trinajstić information content (AvgIpc) is 2.76. The third-order valence-corrected chi connectivity index (χ3v) is 8.41. The number of hydrogen-bond donors (Lipinski definition) is 4. The van der Waals surface area contributed by atoms with Crippen LogP contribution in [0.25, 0.3) is 0 Å². The van der Waals surface area contributed by atoms with Crippen molar-refractivity contribution in [3.8, 4) is 5.75 Å². The number of halogens is 4. The van der Waals surface area contributed by atoms with Gasteiger partial charge in [0.05, 0.1) is 23.9 Å². The molecule has 4 saturated carbocycles. The third-order valence-electron chi connectivity index (χ3n) is 8.18. The average molecular weight is 533 g/mol. The SMILES string of the molecule is O=C(NC12CCC(NC(=O)C3CC(O)c4cc(Cl)ccc4O3)(CC1)[C@@H](O)C2)C1CC(OC(F)(F)F)C1. The molecule has 4 fully saturated rings. The summed E-state index contributed by atoms with van der Waals surface area (Å²) in [7, 11) is 0. The van der Waals surface area contributed by atoms with Crippen molar-refractivity contribution in [3.05, 3.63) is 28.8 Å². The normalized spacial score (nSPS) is 37.3. The maximum atomic E-state index is 13.1. The Hall–Kier alpha value is -2.08. The number of amides is 2. The van der Waals surface area contributed by atoms with Crippen molar-refractivity contribution in [2.45, 2.75) is 93.2 Å². The first kappa shape index (κ1) is 25.6. The van der Waals surface area contributed by atoms with E-state index in [1.54, 1.807) is 18.2 Å². The van der Waals surface area contributed by atoms with Gasteiger partial charge in [0.2, 0.25) is 5.91 Å². The Morgan fingerprint density at radius 1 is 1.06 bits per heavy atom. The summed E-state index contributed by atoms with van der Waals surface area (Å²) in [5, 5.41) is 27.8. The van der Waals surface area contributed by atoms with Gasteiger partial charge in [0.25, 0.3) is 5.91 Å². The largest absolute Gasteiger partial charge is 0.522 e. The number of carbonyl (C=O) groups excluding carboxylic acids is 2. The van der Waals surface area contributed by atoms with Gasteiger partial charge in [-0.1, -0.05) is 11.6 Å². The van der Waals surface area contributed by atoms with E-state index in [9.17, 15) is 33.0 Å². The molecular formula is C24H28ClF3N2O6. The van der Waals surface area contributed by atoms with E-state index in [4.69, 9.17) is 16.3 Å². The molecule has 36 heavy (non-hydrogen) atoms. The van der Waals surface area contributed by atoms with Gasteiger partial charge in [0.15, 0.2) is 6.10 Å².